The van der Waals surface area contributed by atoms with Crippen molar-refractivity contribution in [2.75, 3.05) is 37.7 Å². The number of alkyl halides is 1. The molecule has 4 atom stereocenters. The van der Waals surface area contributed by atoms with Crippen LogP contribution in [0.5, 0.6) is 11.8 Å². The topological polar surface area (TPSA) is 99.5 Å². The fraction of sp³-hybridized carbons (Fsp3) is 0.489. The fourth-order valence-electron chi connectivity index (χ4n) is 11.3. The van der Waals surface area contributed by atoms with Crippen molar-refractivity contribution in [1.82, 2.24) is 30.2 Å². The summed E-state index contributed by atoms with van der Waals surface area (Å²) in [4.78, 5) is 23.1. The predicted octanol–water partition coefficient (Wildman–Crippen LogP) is 9.92. The molecule has 2 bridgehead atoms. The average molecular weight is 889 g/mol. The van der Waals surface area contributed by atoms with E-state index in [0.29, 0.717) is 37.3 Å². The number of phenolic OH excluding ortho intramolecular Hbond substituents is 1. The van der Waals surface area contributed by atoms with Crippen LogP contribution in [0.25, 0.3) is 44.2 Å². The first-order chi connectivity index (χ1) is 29.2. The molecular weight excluding hydrogens is 834 g/mol. The molecule has 7 heterocycles. The van der Waals surface area contributed by atoms with Gasteiger partial charge in [-0.1, -0.05) is 53.5 Å². The highest BCUT2D eigenvalue weighted by Crippen LogP contribution is 2.45. The number of phenols is 1. The lowest BCUT2D eigenvalue weighted by atomic mass is 9.95. The Kier molecular flexibility index (Phi) is 12.0. The Morgan fingerprint density at radius 1 is 0.919 bits per heavy atom. The Bertz CT molecular complexity index is 2570. The van der Waals surface area contributed by atoms with E-state index in [4.69, 9.17) is 19.7 Å². The number of rotatable bonds is 9. The molecule has 0 aliphatic carbocycles. The molecule has 4 aliphatic rings. The number of hydrogen-bond acceptors (Lipinski definition) is 9. The normalized spacial score (nSPS) is 22.5. The van der Waals surface area contributed by atoms with Gasteiger partial charge in [-0.3, -0.25) is 9.88 Å². The van der Waals surface area contributed by atoms with E-state index >= 15 is 13.2 Å². The number of aromatic nitrogens is 4. The number of halogens is 5. The Morgan fingerprint density at radius 2 is 1.65 bits per heavy atom. The lowest BCUT2D eigenvalue weighted by Crippen LogP contribution is -2.51. The van der Waals surface area contributed by atoms with Crippen LogP contribution < -0.4 is 15.0 Å². The first kappa shape index (κ1) is 44.1. The molecule has 62 heavy (non-hydrogen) atoms. The highest BCUT2D eigenvalue weighted by molar-refractivity contribution is 6.90. The van der Waals surface area contributed by atoms with Crippen LogP contribution in [0.1, 0.15) is 79.2 Å². The molecule has 4 aliphatic heterocycles. The van der Waals surface area contributed by atoms with Crippen molar-refractivity contribution in [3.05, 3.63) is 65.7 Å². The van der Waals surface area contributed by atoms with Gasteiger partial charge in [-0.2, -0.15) is 9.97 Å². The summed E-state index contributed by atoms with van der Waals surface area (Å²) in [6, 6.07) is 7.27. The van der Waals surface area contributed by atoms with Crippen molar-refractivity contribution < 1.29 is 27.4 Å². The molecule has 0 unspecified atom stereocenters. The number of fused-ring (bicyclic) bond motifs is 5. The van der Waals surface area contributed by atoms with Crippen molar-refractivity contribution >= 4 is 48.0 Å². The molecule has 4 saturated heterocycles. The summed E-state index contributed by atoms with van der Waals surface area (Å²) in [7, 11) is -2.37. The van der Waals surface area contributed by atoms with Gasteiger partial charge in [0.25, 0.3) is 0 Å². The highest BCUT2D eigenvalue weighted by Gasteiger charge is 2.49. The lowest BCUT2D eigenvalue weighted by Gasteiger charge is -2.38. The standard InChI is InChI=1S/C47H53F4N7O2Si.ClH/c1-26(2)61(27(3)4,28(5)6)15-12-36-38(50)11-8-29-17-35(59)18-37(39(29)36)43-41(51)44-40(42(54-43)30-16-31(48)21-52-20-30)45(57-23-33-9-10-34(24-57)53-33)56-46(55-44)60-25-47-13-7-14-58(47)22-32(49)19-47;/h8,11,16-18,20-21,26-28,32-34,53,59H,7,9-10,13-14,19,22-25H2,1-6H3;1H/t32-,33-,34+,47+;/m1./s1. The van der Waals surface area contributed by atoms with Crippen LogP contribution in [0.15, 0.2) is 42.7 Å². The second kappa shape index (κ2) is 16.9. The minimum atomic E-state index is -2.37. The van der Waals surface area contributed by atoms with Gasteiger partial charge in [0.05, 0.1) is 28.4 Å². The number of nitrogens with zero attached hydrogens (tertiary/aromatic N) is 6. The third-order valence-electron chi connectivity index (χ3n) is 14.0. The zero-order valence-electron chi connectivity index (χ0n) is 36.0. The second-order valence-corrected chi connectivity index (χ2v) is 24.2. The summed E-state index contributed by atoms with van der Waals surface area (Å²) in [6.45, 7) is 15.4. The van der Waals surface area contributed by atoms with Crippen molar-refractivity contribution in [2.24, 2.45) is 0 Å². The van der Waals surface area contributed by atoms with Crippen LogP contribution >= 0.6 is 12.4 Å². The summed E-state index contributed by atoms with van der Waals surface area (Å²) < 4.78 is 70.8. The van der Waals surface area contributed by atoms with Gasteiger partial charge in [0, 0.05) is 60.8 Å². The molecule has 2 aromatic carbocycles. The Labute approximate surface area is 367 Å². The third-order valence-corrected chi connectivity index (χ3v) is 20.3. The van der Waals surface area contributed by atoms with E-state index < -0.39 is 37.2 Å². The molecule has 0 spiro atoms. The molecule has 2 N–H and O–H groups in total. The predicted molar refractivity (Wildman–Crippen MR) is 241 cm³/mol. The summed E-state index contributed by atoms with van der Waals surface area (Å²) in [5, 5.41) is 15.8. The molecule has 9 nitrogen and oxygen atoms in total. The Hall–Kier alpha value is -4.55. The van der Waals surface area contributed by atoms with E-state index in [2.05, 4.69) is 73.1 Å². The monoisotopic (exact) mass is 887 g/mol. The van der Waals surface area contributed by atoms with E-state index in [9.17, 15) is 9.50 Å². The van der Waals surface area contributed by atoms with E-state index in [1.54, 1.807) is 0 Å². The van der Waals surface area contributed by atoms with Crippen molar-refractivity contribution in [1.29, 1.82) is 0 Å². The molecule has 15 heteroatoms. The summed E-state index contributed by atoms with van der Waals surface area (Å²) in [5.74, 6) is 1.40. The molecule has 3 aromatic heterocycles. The summed E-state index contributed by atoms with van der Waals surface area (Å²) in [6.07, 6.45) is 5.50. The minimum absolute atomic E-state index is 0. The Balaban J connectivity index is 0.00000529. The van der Waals surface area contributed by atoms with Gasteiger partial charge in [0.15, 0.2) is 5.82 Å². The molecule has 0 saturated carbocycles. The quantitative estimate of drug-likeness (QED) is 0.0852. The molecular formula is C47H54ClF4N7O2Si. The van der Waals surface area contributed by atoms with Crippen molar-refractivity contribution in [2.45, 2.75) is 114 Å². The van der Waals surface area contributed by atoms with Crippen molar-refractivity contribution in [3.63, 3.8) is 0 Å². The number of benzene rings is 2. The van der Waals surface area contributed by atoms with Gasteiger partial charge >= 0.3 is 6.01 Å². The maximum Gasteiger partial charge on any atom is 0.319 e. The number of aromatic hydroxyl groups is 1. The maximum atomic E-state index is 18.0. The zero-order chi connectivity index (χ0) is 43.0. The van der Waals surface area contributed by atoms with E-state index in [0.717, 1.165) is 38.4 Å². The van der Waals surface area contributed by atoms with Gasteiger partial charge < -0.3 is 20.1 Å². The van der Waals surface area contributed by atoms with Crippen LogP contribution in [0.4, 0.5) is 23.4 Å². The van der Waals surface area contributed by atoms with Crippen LogP contribution in [-0.2, 0) is 0 Å². The van der Waals surface area contributed by atoms with Crippen LogP contribution in [0.2, 0.25) is 16.6 Å². The number of anilines is 1. The molecule has 328 valence electrons. The molecule has 4 fully saturated rings. The van der Waals surface area contributed by atoms with Gasteiger partial charge in [-0.25, -0.2) is 22.5 Å². The molecule has 0 radical (unpaired) electrons. The summed E-state index contributed by atoms with van der Waals surface area (Å²) >= 11 is 0. The third kappa shape index (κ3) is 7.56. The van der Waals surface area contributed by atoms with Gasteiger partial charge in [-0.05, 0) is 78.5 Å². The van der Waals surface area contributed by atoms with Crippen LogP contribution in [-0.4, -0.2) is 94.6 Å². The smallest absolute Gasteiger partial charge is 0.319 e. The molecule has 5 aromatic rings. The van der Waals surface area contributed by atoms with Crippen molar-refractivity contribution in [3.8, 4) is 45.7 Å². The highest BCUT2D eigenvalue weighted by atomic mass is 35.5. The van der Waals surface area contributed by atoms with Crippen LogP contribution in [0, 0.1) is 28.9 Å². The lowest BCUT2D eigenvalue weighted by molar-refractivity contribution is 0.107. The maximum absolute atomic E-state index is 18.0. The first-order valence-corrected chi connectivity index (χ1v) is 23.9. The number of ether oxygens (including phenoxy) is 1. The first-order valence-electron chi connectivity index (χ1n) is 21.7. The van der Waals surface area contributed by atoms with Gasteiger partial charge in [0.2, 0.25) is 0 Å². The number of hydrogen-bond donors (Lipinski definition) is 2. The number of pyridine rings is 2. The zero-order valence-corrected chi connectivity index (χ0v) is 37.9. The molecule has 0 amide bonds. The second-order valence-electron chi connectivity index (χ2n) is 18.6. The van der Waals surface area contributed by atoms with Gasteiger partial charge in [-0.15, -0.1) is 18.0 Å². The van der Waals surface area contributed by atoms with Crippen LogP contribution in [0.3, 0.4) is 0 Å². The number of piperazine rings is 1. The fourth-order valence-corrected chi connectivity index (χ4v) is 16.5. The average Bonchev–Trinajstić information content (AvgIpc) is 3.87. The Morgan fingerprint density at radius 3 is 2.34 bits per heavy atom. The SMILES string of the molecule is CC(C)[Si](C#Cc1c(F)ccc2cc(O)cc(-c3nc(-c4cncc(F)c4)c4c(N5C[C@H]6CC[C@@H](C5)N6)nc(OC[C@@]56CCCN5C[C@H](F)C6)nc4c3F)c12)(C(C)C)C(C)C.Cl. The summed E-state index contributed by atoms with van der Waals surface area (Å²) in [5.41, 5.74) is 4.11. The van der Waals surface area contributed by atoms with E-state index in [1.165, 1.54) is 36.5 Å². The number of nitrogens with one attached hydrogen (secondary N) is 1. The van der Waals surface area contributed by atoms with Gasteiger partial charge in [0.1, 0.15) is 55.3 Å². The molecule has 9 rings (SSSR count). The minimum Gasteiger partial charge on any atom is -0.508 e. The van der Waals surface area contributed by atoms with E-state index in [1.807, 2.05) is 0 Å². The van der Waals surface area contributed by atoms with E-state index in [-0.39, 0.29) is 104 Å². The largest absolute Gasteiger partial charge is 0.508 e.